The third kappa shape index (κ3) is 6.70. The average Bonchev–Trinajstić information content (AvgIpc) is 2.29. The molecule has 0 saturated carbocycles. The Bertz CT molecular complexity index is 272. The van der Waals surface area contributed by atoms with Gasteiger partial charge in [-0.2, -0.15) is 0 Å². The quantitative estimate of drug-likeness (QED) is 0.662. The monoisotopic (exact) mass is 255 g/mol. The second-order valence-corrected chi connectivity index (χ2v) is 4.80. The molecule has 0 fully saturated rings. The van der Waals surface area contributed by atoms with E-state index >= 15 is 0 Å². The van der Waals surface area contributed by atoms with Crippen molar-refractivity contribution in [3.63, 3.8) is 0 Å². The van der Waals surface area contributed by atoms with Gasteiger partial charge in [-0.05, 0) is 32.5 Å². The van der Waals surface area contributed by atoms with Crippen LogP contribution >= 0.6 is 12.4 Å². The molecule has 1 rings (SSSR count). The van der Waals surface area contributed by atoms with Gasteiger partial charge in [0.15, 0.2) is 0 Å². The summed E-state index contributed by atoms with van der Waals surface area (Å²) in [6.07, 6.45) is 6.52. The molecule has 0 spiro atoms. The van der Waals surface area contributed by atoms with Crippen LogP contribution in [-0.4, -0.2) is 25.0 Å². The molecule has 98 valence electrons. The molecule has 2 heteroatoms. The highest BCUT2D eigenvalue weighted by Gasteiger charge is 2.11. The molecular weight excluding hydrogens is 230 g/mol. The Kier molecular flexibility index (Phi) is 9.20. The van der Waals surface area contributed by atoms with E-state index in [9.17, 15) is 0 Å². The van der Waals surface area contributed by atoms with Crippen LogP contribution in [0.2, 0.25) is 0 Å². The lowest BCUT2D eigenvalue weighted by Crippen LogP contribution is -2.30. The Balaban J connectivity index is 0.00000256. The normalized spacial score (nSPS) is 12.2. The van der Waals surface area contributed by atoms with Gasteiger partial charge in [0.2, 0.25) is 0 Å². The molecule has 0 aliphatic rings. The van der Waals surface area contributed by atoms with Gasteiger partial charge >= 0.3 is 0 Å². The van der Waals surface area contributed by atoms with E-state index in [1.165, 1.54) is 37.7 Å². The van der Waals surface area contributed by atoms with Crippen molar-refractivity contribution in [2.75, 3.05) is 14.1 Å². The molecule has 0 radical (unpaired) electrons. The molecule has 1 aromatic rings. The van der Waals surface area contributed by atoms with Gasteiger partial charge in [0.1, 0.15) is 0 Å². The van der Waals surface area contributed by atoms with E-state index in [1.807, 2.05) is 0 Å². The predicted octanol–water partition coefficient (Wildman–Crippen LogP) is 4.16. The largest absolute Gasteiger partial charge is 0.306 e. The highest BCUT2D eigenvalue weighted by Crippen LogP contribution is 2.13. The van der Waals surface area contributed by atoms with Crippen LogP contribution in [0.25, 0.3) is 0 Å². The van der Waals surface area contributed by atoms with Crippen LogP contribution in [0.3, 0.4) is 0 Å². The Morgan fingerprint density at radius 1 is 1.06 bits per heavy atom. The lowest BCUT2D eigenvalue weighted by atomic mass is 10.00. The van der Waals surface area contributed by atoms with Crippen LogP contribution in [0.1, 0.15) is 38.2 Å². The van der Waals surface area contributed by atoms with Crippen molar-refractivity contribution in [2.45, 2.75) is 45.1 Å². The molecule has 0 amide bonds. The first-order chi connectivity index (χ1) is 7.74. The molecule has 0 N–H and O–H groups in total. The van der Waals surface area contributed by atoms with Gasteiger partial charge in [0, 0.05) is 6.04 Å². The van der Waals surface area contributed by atoms with Gasteiger partial charge < -0.3 is 4.90 Å². The number of likely N-dealkylation sites (N-methyl/N-ethyl adjacent to an activating group) is 1. The van der Waals surface area contributed by atoms with Crippen molar-refractivity contribution < 1.29 is 0 Å². The maximum absolute atomic E-state index is 2.36. The Morgan fingerprint density at radius 2 is 1.71 bits per heavy atom. The van der Waals surface area contributed by atoms with Crippen LogP contribution in [0.5, 0.6) is 0 Å². The minimum absolute atomic E-state index is 0. The van der Waals surface area contributed by atoms with Crippen LogP contribution in [-0.2, 0) is 6.42 Å². The zero-order chi connectivity index (χ0) is 11.8. The molecule has 1 atom stereocenters. The fraction of sp³-hybridized carbons (Fsp3) is 0.600. The summed E-state index contributed by atoms with van der Waals surface area (Å²) in [5.74, 6) is 0. The molecule has 0 saturated heterocycles. The maximum Gasteiger partial charge on any atom is 0.0130 e. The second-order valence-electron chi connectivity index (χ2n) is 4.80. The molecule has 0 bridgehead atoms. The second kappa shape index (κ2) is 9.49. The SMILES string of the molecule is CCCCCC(Cc1ccccc1)N(C)C.Cl. The summed E-state index contributed by atoms with van der Waals surface area (Å²) < 4.78 is 0. The van der Waals surface area contributed by atoms with E-state index in [2.05, 4.69) is 56.3 Å². The van der Waals surface area contributed by atoms with E-state index in [0.717, 1.165) is 0 Å². The third-order valence-corrected chi connectivity index (χ3v) is 3.19. The summed E-state index contributed by atoms with van der Waals surface area (Å²) in [7, 11) is 4.39. The number of hydrogen-bond donors (Lipinski definition) is 0. The van der Waals surface area contributed by atoms with Gasteiger partial charge in [-0.1, -0.05) is 56.5 Å². The summed E-state index contributed by atoms with van der Waals surface area (Å²) in [6, 6.07) is 11.5. The molecule has 1 unspecified atom stereocenters. The number of halogens is 1. The average molecular weight is 256 g/mol. The molecule has 1 nitrogen and oxygen atoms in total. The highest BCUT2D eigenvalue weighted by atomic mass is 35.5. The van der Waals surface area contributed by atoms with E-state index in [-0.39, 0.29) is 12.4 Å². The van der Waals surface area contributed by atoms with Crippen LogP contribution in [0.15, 0.2) is 30.3 Å². The number of unbranched alkanes of at least 4 members (excludes halogenated alkanes) is 2. The van der Waals surface area contributed by atoms with Crippen molar-refractivity contribution in [3.8, 4) is 0 Å². The number of hydrogen-bond acceptors (Lipinski definition) is 1. The fourth-order valence-electron chi connectivity index (χ4n) is 2.06. The predicted molar refractivity (Wildman–Crippen MR) is 79.0 cm³/mol. The van der Waals surface area contributed by atoms with Crippen molar-refractivity contribution in [2.24, 2.45) is 0 Å². The summed E-state index contributed by atoms with van der Waals surface area (Å²) in [4.78, 5) is 2.36. The summed E-state index contributed by atoms with van der Waals surface area (Å²) in [5.41, 5.74) is 1.46. The summed E-state index contributed by atoms with van der Waals surface area (Å²) >= 11 is 0. The lowest BCUT2D eigenvalue weighted by molar-refractivity contribution is 0.270. The molecule has 1 aromatic carbocycles. The van der Waals surface area contributed by atoms with Crippen LogP contribution in [0, 0.1) is 0 Å². The van der Waals surface area contributed by atoms with Crippen molar-refractivity contribution in [1.29, 1.82) is 0 Å². The smallest absolute Gasteiger partial charge is 0.0130 e. The highest BCUT2D eigenvalue weighted by molar-refractivity contribution is 5.85. The summed E-state index contributed by atoms with van der Waals surface area (Å²) in [6.45, 7) is 2.27. The van der Waals surface area contributed by atoms with Gasteiger partial charge in [0.25, 0.3) is 0 Å². The zero-order valence-corrected chi connectivity index (χ0v) is 12.2. The van der Waals surface area contributed by atoms with Gasteiger partial charge in [-0.15, -0.1) is 12.4 Å². The van der Waals surface area contributed by atoms with Crippen molar-refractivity contribution in [3.05, 3.63) is 35.9 Å². The maximum atomic E-state index is 2.36. The van der Waals surface area contributed by atoms with Gasteiger partial charge in [-0.3, -0.25) is 0 Å². The van der Waals surface area contributed by atoms with Crippen molar-refractivity contribution in [1.82, 2.24) is 4.90 Å². The van der Waals surface area contributed by atoms with E-state index in [0.29, 0.717) is 6.04 Å². The van der Waals surface area contributed by atoms with Gasteiger partial charge in [0.05, 0.1) is 0 Å². The Morgan fingerprint density at radius 3 is 2.24 bits per heavy atom. The Hall–Kier alpha value is -0.530. The van der Waals surface area contributed by atoms with Gasteiger partial charge in [-0.25, -0.2) is 0 Å². The minimum atomic E-state index is 0. The number of nitrogens with zero attached hydrogens (tertiary/aromatic N) is 1. The van der Waals surface area contributed by atoms with E-state index < -0.39 is 0 Å². The number of benzene rings is 1. The lowest BCUT2D eigenvalue weighted by Gasteiger charge is -2.24. The van der Waals surface area contributed by atoms with E-state index in [1.54, 1.807) is 0 Å². The fourth-order valence-corrected chi connectivity index (χ4v) is 2.06. The molecule has 0 aliphatic heterocycles. The first kappa shape index (κ1) is 16.5. The van der Waals surface area contributed by atoms with E-state index in [4.69, 9.17) is 0 Å². The molecule has 17 heavy (non-hydrogen) atoms. The molecule has 0 aliphatic carbocycles. The summed E-state index contributed by atoms with van der Waals surface area (Å²) in [5, 5.41) is 0. The van der Waals surface area contributed by atoms with Crippen LogP contribution in [0.4, 0.5) is 0 Å². The first-order valence-electron chi connectivity index (χ1n) is 6.44. The van der Waals surface area contributed by atoms with Crippen molar-refractivity contribution >= 4 is 12.4 Å². The third-order valence-electron chi connectivity index (χ3n) is 3.19. The zero-order valence-electron chi connectivity index (χ0n) is 11.4. The molecule has 0 heterocycles. The standard InChI is InChI=1S/C15H25N.ClH/c1-4-5-7-12-15(16(2)3)13-14-10-8-6-9-11-14;/h6,8-11,15H,4-5,7,12-13H2,1-3H3;1H. The van der Waals surface area contributed by atoms with Crippen LogP contribution < -0.4 is 0 Å². The first-order valence-corrected chi connectivity index (χ1v) is 6.44. The Labute approximate surface area is 113 Å². The minimum Gasteiger partial charge on any atom is -0.306 e. The molecular formula is C15H26ClN. The number of rotatable bonds is 7. The molecule has 0 aromatic heterocycles. The topological polar surface area (TPSA) is 3.24 Å².